The number of ether oxygens (including phenoxy) is 1. The van der Waals surface area contributed by atoms with Crippen molar-refractivity contribution in [1.82, 2.24) is 0 Å². The molecule has 0 fully saturated rings. The second kappa shape index (κ2) is 5.88. The summed E-state index contributed by atoms with van der Waals surface area (Å²) in [6.07, 6.45) is 0.449. The van der Waals surface area contributed by atoms with Gasteiger partial charge in [0.1, 0.15) is 5.75 Å². The van der Waals surface area contributed by atoms with E-state index >= 15 is 0 Å². The number of benzene rings is 2. The molecule has 0 unspecified atom stereocenters. The fourth-order valence-corrected chi connectivity index (χ4v) is 2.15. The summed E-state index contributed by atoms with van der Waals surface area (Å²) in [5.41, 5.74) is 1.09. The fourth-order valence-electron chi connectivity index (χ4n) is 1.75. The van der Waals surface area contributed by atoms with Crippen molar-refractivity contribution in [2.45, 2.75) is 6.36 Å². The third kappa shape index (κ3) is 4.07. The molecule has 0 heterocycles. The summed E-state index contributed by atoms with van der Waals surface area (Å²) in [5, 5.41) is 0.741. The number of rotatable bonds is 2. The lowest BCUT2D eigenvalue weighted by Crippen LogP contribution is -2.17. The van der Waals surface area contributed by atoms with E-state index in [1.54, 1.807) is 12.1 Å². The molecular formula is C15H7Cl2F3O. The molecule has 0 aliphatic heterocycles. The molecule has 0 amide bonds. The van der Waals surface area contributed by atoms with Gasteiger partial charge in [-0.25, -0.2) is 0 Å². The zero-order valence-corrected chi connectivity index (χ0v) is 11.9. The Morgan fingerprint density at radius 3 is 2.38 bits per heavy atom. The van der Waals surface area contributed by atoms with Gasteiger partial charge >= 0.3 is 6.36 Å². The first-order chi connectivity index (χ1) is 9.78. The normalized spacial score (nSPS) is 11.0. The molecule has 0 bridgehead atoms. The van der Waals surface area contributed by atoms with Gasteiger partial charge in [0.25, 0.3) is 0 Å². The van der Waals surface area contributed by atoms with Crippen LogP contribution in [0.5, 0.6) is 5.75 Å². The lowest BCUT2D eigenvalue weighted by molar-refractivity contribution is -0.274. The minimum Gasteiger partial charge on any atom is -0.406 e. The number of terminal acetylenes is 1. The average Bonchev–Trinajstić information content (AvgIpc) is 2.39. The first kappa shape index (κ1) is 15.6. The van der Waals surface area contributed by atoms with Crippen molar-refractivity contribution in [2.24, 2.45) is 0 Å². The van der Waals surface area contributed by atoms with E-state index < -0.39 is 12.1 Å². The van der Waals surface area contributed by atoms with Crippen molar-refractivity contribution in [3.63, 3.8) is 0 Å². The van der Waals surface area contributed by atoms with Crippen LogP contribution in [0.2, 0.25) is 10.0 Å². The summed E-state index contributed by atoms with van der Waals surface area (Å²) in [4.78, 5) is 0. The lowest BCUT2D eigenvalue weighted by Gasteiger charge is -2.12. The molecule has 2 aromatic rings. The molecule has 0 aromatic heterocycles. The summed E-state index contributed by atoms with van der Waals surface area (Å²) in [6, 6.07) is 8.51. The number of alkyl halides is 3. The molecule has 0 atom stereocenters. The Kier molecular flexibility index (Phi) is 4.36. The van der Waals surface area contributed by atoms with Gasteiger partial charge in [-0.3, -0.25) is 0 Å². The SMILES string of the molecule is C#Cc1cc(OC(F)(F)F)cc(-c2cc(Cl)ccc2Cl)c1. The highest BCUT2D eigenvalue weighted by Gasteiger charge is 2.31. The first-order valence-corrected chi connectivity index (χ1v) is 6.37. The van der Waals surface area contributed by atoms with Crippen LogP contribution >= 0.6 is 23.2 Å². The Labute approximate surface area is 129 Å². The third-order valence-corrected chi connectivity index (χ3v) is 3.11. The predicted octanol–water partition coefficient (Wildman–Crippen LogP) is 5.54. The van der Waals surface area contributed by atoms with Crippen molar-refractivity contribution < 1.29 is 17.9 Å². The fraction of sp³-hybridized carbons (Fsp3) is 0.0667. The molecule has 0 aliphatic carbocycles. The van der Waals surface area contributed by atoms with Crippen molar-refractivity contribution in [3.05, 3.63) is 52.0 Å². The van der Waals surface area contributed by atoms with Crippen LogP contribution in [0.3, 0.4) is 0 Å². The molecule has 2 aromatic carbocycles. The zero-order valence-electron chi connectivity index (χ0n) is 10.3. The predicted molar refractivity (Wildman–Crippen MR) is 76.5 cm³/mol. The van der Waals surface area contributed by atoms with E-state index in [-0.39, 0.29) is 5.56 Å². The van der Waals surface area contributed by atoms with Crippen molar-refractivity contribution in [3.8, 4) is 29.2 Å². The standard InChI is InChI=1S/C15H7Cl2F3O/c1-2-9-5-10(7-12(6-9)21-15(18,19)20)13-8-11(16)3-4-14(13)17/h1,3-8H. The molecule has 108 valence electrons. The number of hydrogen-bond donors (Lipinski definition) is 0. The van der Waals surface area contributed by atoms with Crippen molar-refractivity contribution in [1.29, 1.82) is 0 Å². The van der Waals surface area contributed by atoms with Gasteiger partial charge in [-0.05, 0) is 42.0 Å². The van der Waals surface area contributed by atoms with E-state index in [1.165, 1.54) is 18.2 Å². The van der Waals surface area contributed by atoms with Gasteiger partial charge in [-0.1, -0.05) is 29.1 Å². The number of halogens is 5. The highest BCUT2D eigenvalue weighted by molar-refractivity contribution is 6.35. The maximum Gasteiger partial charge on any atom is 0.573 e. The van der Waals surface area contributed by atoms with E-state index in [0.717, 1.165) is 6.07 Å². The third-order valence-electron chi connectivity index (χ3n) is 2.55. The van der Waals surface area contributed by atoms with Crippen molar-refractivity contribution >= 4 is 23.2 Å². The Hall–Kier alpha value is -1.83. The molecule has 0 N–H and O–H groups in total. The van der Waals surface area contributed by atoms with Gasteiger partial charge in [0.2, 0.25) is 0 Å². The van der Waals surface area contributed by atoms with E-state index in [9.17, 15) is 13.2 Å². The molecule has 0 radical (unpaired) electrons. The molecule has 0 saturated carbocycles. The Balaban J connectivity index is 2.56. The van der Waals surface area contributed by atoms with Crippen LogP contribution in [0.15, 0.2) is 36.4 Å². The molecule has 0 aliphatic rings. The minimum atomic E-state index is -4.80. The maximum atomic E-state index is 12.3. The molecule has 6 heteroatoms. The van der Waals surface area contributed by atoms with Crippen LogP contribution < -0.4 is 4.74 Å². The maximum absolute atomic E-state index is 12.3. The second-order valence-electron chi connectivity index (χ2n) is 4.06. The van der Waals surface area contributed by atoms with Crippen LogP contribution in [0.25, 0.3) is 11.1 Å². The Morgan fingerprint density at radius 1 is 1.05 bits per heavy atom. The van der Waals surface area contributed by atoms with Gasteiger partial charge < -0.3 is 4.74 Å². The lowest BCUT2D eigenvalue weighted by atomic mass is 10.0. The monoisotopic (exact) mass is 330 g/mol. The van der Waals surface area contributed by atoms with Crippen LogP contribution in [-0.2, 0) is 0 Å². The Morgan fingerprint density at radius 2 is 1.76 bits per heavy atom. The van der Waals surface area contributed by atoms with E-state index in [0.29, 0.717) is 21.2 Å². The molecule has 0 spiro atoms. The average molecular weight is 331 g/mol. The summed E-state index contributed by atoms with van der Waals surface area (Å²) in [7, 11) is 0. The topological polar surface area (TPSA) is 9.23 Å². The summed E-state index contributed by atoms with van der Waals surface area (Å²) < 4.78 is 40.9. The molecule has 1 nitrogen and oxygen atoms in total. The zero-order chi connectivity index (χ0) is 15.6. The van der Waals surface area contributed by atoms with Gasteiger partial charge in [0.15, 0.2) is 0 Å². The van der Waals surface area contributed by atoms with E-state index in [2.05, 4.69) is 10.7 Å². The van der Waals surface area contributed by atoms with Gasteiger partial charge in [0, 0.05) is 21.2 Å². The molecule has 2 rings (SSSR count). The first-order valence-electron chi connectivity index (χ1n) is 5.61. The van der Waals surface area contributed by atoms with Gasteiger partial charge in [-0.2, -0.15) is 0 Å². The largest absolute Gasteiger partial charge is 0.573 e. The van der Waals surface area contributed by atoms with Gasteiger partial charge in [0.05, 0.1) is 0 Å². The molecule has 0 saturated heterocycles. The minimum absolute atomic E-state index is 0.239. The smallest absolute Gasteiger partial charge is 0.406 e. The van der Waals surface area contributed by atoms with Crippen LogP contribution in [-0.4, -0.2) is 6.36 Å². The summed E-state index contributed by atoms with van der Waals surface area (Å²) in [5.74, 6) is 1.86. The van der Waals surface area contributed by atoms with Gasteiger partial charge in [-0.15, -0.1) is 19.6 Å². The summed E-state index contributed by atoms with van der Waals surface area (Å²) in [6.45, 7) is 0. The highest BCUT2D eigenvalue weighted by Crippen LogP contribution is 2.34. The van der Waals surface area contributed by atoms with E-state index in [1.807, 2.05) is 0 Å². The van der Waals surface area contributed by atoms with Crippen LogP contribution in [0, 0.1) is 12.3 Å². The second-order valence-corrected chi connectivity index (χ2v) is 4.91. The molecular weight excluding hydrogens is 324 g/mol. The Bertz CT molecular complexity index is 718. The van der Waals surface area contributed by atoms with Crippen molar-refractivity contribution in [2.75, 3.05) is 0 Å². The quantitative estimate of drug-likeness (QED) is 0.657. The highest BCUT2D eigenvalue weighted by atomic mass is 35.5. The summed E-state index contributed by atoms with van der Waals surface area (Å²) >= 11 is 11.9. The van der Waals surface area contributed by atoms with Crippen LogP contribution in [0.4, 0.5) is 13.2 Å². The molecule has 21 heavy (non-hydrogen) atoms. The van der Waals surface area contributed by atoms with Crippen LogP contribution in [0.1, 0.15) is 5.56 Å². The number of hydrogen-bond acceptors (Lipinski definition) is 1. The van der Waals surface area contributed by atoms with E-state index in [4.69, 9.17) is 29.6 Å².